The molecule has 0 saturated heterocycles. The molecule has 4 rings (SSSR count). The van der Waals surface area contributed by atoms with Gasteiger partial charge in [0.2, 0.25) is 0 Å². The van der Waals surface area contributed by atoms with E-state index in [1.54, 1.807) is 6.07 Å². The molecule has 1 aliphatic heterocycles. The van der Waals surface area contributed by atoms with Crippen molar-refractivity contribution in [2.45, 2.75) is 33.2 Å². The van der Waals surface area contributed by atoms with Crippen LogP contribution in [0.3, 0.4) is 0 Å². The SMILES string of the molecule is CCCc1cc(=O)oc2c3c(c(Cl)cc12)OCN(c1ccc(Br)c(C)c1)C3. The number of nitrogens with zero attached hydrogens (tertiary/aromatic N) is 1. The number of anilines is 1. The first-order valence-electron chi connectivity index (χ1n) is 8.90. The highest BCUT2D eigenvalue weighted by Gasteiger charge is 2.25. The summed E-state index contributed by atoms with van der Waals surface area (Å²) in [4.78, 5) is 14.2. The highest BCUT2D eigenvalue weighted by atomic mass is 79.9. The van der Waals surface area contributed by atoms with Crippen LogP contribution in [0.25, 0.3) is 11.0 Å². The van der Waals surface area contributed by atoms with Crippen LogP contribution in [0.5, 0.6) is 5.75 Å². The van der Waals surface area contributed by atoms with E-state index in [1.165, 1.54) is 0 Å². The van der Waals surface area contributed by atoms with Gasteiger partial charge in [0.1, 0.15) is 11.3 Å². The fourth-order valence-corrected chi connectivity index (χ4v) is 4.04. The van der Waals surface area contributed by atoms with Gasteiger partial charge in [-0.1, -0.05) is 40.9 Å². The van der Waals surface area contributed by atoms with Crippen molar-refractivity contribution in [3.05, 3.63) is 66.9 Å². The Labute approximate surface area is 170 Å². The molecule has 0 unspecified atom stereocenters. The predicted molar refractivity (Wildman–Crippen MR) is 112 cm³/mol. The van der Waals surface area contributed by atoms with Gasteiger partial charge in [0.25, 0.3) is 0 Å². The topological polar surface area (TPSA) is 42.7 Å². The zero-order chi connectivity index (χ0) is 19.1. The number of ether oxygens (including phenoxy) is 1. The molecule has 0 amide bonds. The molecule has 0 fully saturated rings. The Morgan fingerprint density at radius 1 is 1.26 bits per heavy atom. The van der Waals surface area contributed by atoms with Crippen LogP contribution in [-0.4, -0.2) is 6.73 Å². The molecule has 0 aliphatic carbocycles. The van der Waals surface area contributed by atoms with Crippen LogP contribution in [0.1, 0.15) is 30.0 Å². The molecule has 1 aliphatic rings. The number of halogens is 2. The second-order valence-electron chi connectivity index (χ2n) is 6.79. The van der Waals surface area contributed by atoms with Crippen LogP contribution in [0.15, 0.2) is 44.0 Å². The van der Waals surface area contributed by atoms with Crippen molar-refractivity contribution >= 4 is 44.2 Å². The van der Waals surface area contributed by atoms with Gasteiger partial charge in [0, 0.05) is 21.6 Å². The number of hydrogen-bond donors (Lipinski definition) is 0. The Balaban J connectivity index is 1.86. The summed E-state index contributed by atoms with van der Waals surface area (Å²) in [6.45, 7) is 5.08. The maximum absolute atomic E-state index is 12.1. The monoisotopic (exact) mass is 447 g/mol. The molecule has 27 heavy (non-hydrogen) atoms. The summed E-state index contributed by atoms with van der Waals surface area (Å²) >= 11 is 10.0. The quantitative estimate of drug-likeness (QED) is 0.473. The third-order valence-electron chi connectivity index (χ3n) is 4.86. The van der Waals surface area contributed by atoms with E-state index in [1.807, 2.05) is 18.2 Å². The molecule has 1 aromatic heterocycles. The fraction of sp³-hybridized carbons (Fsp3) is 0.286. The molecule has 0 saturated carbocycles. The van der Waals surface area contributed by atoms with Crippen LogP contribution >= 0.6 is 27.5 Å². The number of fused-ring (bicyclic) bond motifs is 3. The van der Waals surface area contributed by atoms with Gasteiger partial charge in [-0.15, -0.1) is 0 Å². The maximum Gasteiger partial charge on any atom is 0.336 e. The molecule has 4 nitrogen and oxygen atoms in total. The number of hydrogen-bond acceptors (Lipinski definition) is 4. The summed E-state index contributed by atoms with van der Waals surface area (Å²) in [5.41, 5.74) is 4.20. The zero-order valence-corrected chi connectivity index (χ0v) is 17.5. The highest BCUT2D eigenvalue weighted by Crippen LogP contribution is 2.40. The molecule has 2 heterocycles. The molecule has 6 heteroatoms. The van der Waals surface area contributed by atoms with Crippen LogP contribution in [0, 0.1) is 6.92 Å². The zero-order valence-electron chi connectivity index (χ0n) is 15.1. The third kappa shape index (κ3) is 3.34. The van der Waals surface area contributed by atoms with E-state index >= 15 is 0 Å². The largest absolute Gasteiger partial charge is 0.471 e. The predicted octanol–water partition coefficient (Wildman–Crippen LogP) is 5.83. The van der Waals surface area contributed by atoms with Crippen LogP contribution in [0.4, 0.5) is 5.69 Å². The van der Waals surface area contributed by atoms with Gasteiger partial charge >= 0.3 is 5.63 Å². The maximum atomic E-state index is 12.1. The first-order valence-corrected chi connectivity index (χ1v) is 10.1. The second kappa shape index (κ2) is 7.21. The van der Waals surface area contributed by atoms with E-state index in [0.717, 1.165) is 45.1 Å². The summed E-state index contributed by atoms with van der Waals surface area (Å²) in [7, 11) is 0. The number of benzene rings is 2. The van der Waals surface area contributed by atoms with Gasteiger partial charge in [-0.05, 0) is 48.7 Å². The number of rotatable bonds is 3. The van der Waals surface area contributed by atoms with Crippen molar-refractivity contribution in [2.24, 2.45) is 0 Å². The third-order valence-corrected chi connectivity index (χ3v) is 6.03. The average molecular weight is 449 g/mol. The molecule has 0 bridgehead atoms. The second-order valence-corrected chi connectivity index (χ2v) is 8.05. The van der Waals surface area contributed by atoms with Gasteiger partial charge in [-0.2, -0.15) is 0 Å². The summed E-state index contributed by atoms with van der Waals surface area (Å²) in [6, 6.07) is 9.58. The normalized spacial score (nSPS) is 13.6. The molecule has 2 aromatic carbocycles. The fourth-order valence-electron chi connectivity index (χ4n) is 3.52. The van der Waals surface area contributed by atoms with Gasteiger partial charge in [-0.25, -0.2) is 4.79 Å². The standard InChI is InChI=1S/C21H19BrClNO3/c1-3-4-13-8-19(25)27-20-15(13)9-18(23)21-16(20)10-24(11-26-21)14-5-6-17(22)12(2)7-14/h5-9H,3-4,10-11H2,1-2H3. The van der Waals surface area contributed by atoms with E-state index in [9.17, 15) is 4.79 Å². The van der Waals surface area contributed by atoms with E-state index < -0.39 is 0 Å². The van der Waals surface area contributed by atoms with Crippen LogP contribution in [-0.2, 0) is 13.0 Å². The molecular formula is C21H19BrClNO3. The Kier molecular flexibility index (Phi) is 4.91. The van der Waals surface area contributed by atoms with Crippen LogP contribution in [0.2, 0.25) is 5.02 Å². The molecule has 0 N–H and O–H groups in total. The van der Waals surface area contributed by atoms with Gasteiger partial charge in [0.15, 0.2) is 6.73 Å². The molecule has 3 aromatic rings. The van der Waals surface area contributed by atoms with E-state index in [4.69, 9.17) is 20.8 Å². The first kappa shape index (κ1) is 18.4. The minimum atomic E-state index is -0.341. The van der Waals surface area contributed by atoms with Crippen LogP contribution < -0.4 is 15.3 Å². The molecule has 0 radical (unpaired) electrons. The average Bonchev–Trinajstić information content (AvgIpc) is 2.65. The van der Waals surface area contributed by atoms with Crippen molar-refractivity contribution in [2.75, 3.05) is 11.6 Å². The molecule has 0 spiro atoms. The van der Waals surface area contributed by atoms with E-state index in [2.05, 4.69) is 40.7 Å². The Hall–Kier alpha value is -1.98. The summed E-state index contributed by atoms with van der Waals surface area (Å²) < 4.78 is 12.6. The summed E-state index contributed by atoms with van der Waals surface area (Å²) in [6.07, 6.45) is 1.74. The van der Waals surface area contributed by atoms with Gasteiger partial charge in [0.05, 0.1) is 17.1 Å². The van der Waals surface area contributed by atoms with Crippen molar-refractivity contribution in [1.82, 2.24) is 0 Å². The first-order chi connectivity index (χ1) is 13.0. The molecule has 0 atom stereocenters. The lowest BCUT2D eigenvalue weighted by Gasteiger charge is -2.32. The Morgan fingerprint density at radius 3 is 2.81 bits per heavy atom. The van der Waals surface area contributed by atoms with Crippen molar-refractivity contribution in [1.29, 1.82) is 0 Å². The molecular weight excluding hydrogens is 430 g/mol. The highest BCUT2D eigenvalue weighted by molar-refractivity contribution is 9.10. The van der Waals surface area contributed by atoms with E-state index in [-0.39, 0.29) is 5.63 Å². The van der Waals surface area contributed by atoms with Crippen molar-refractivity contribution < 1.29 is 9.15 Å². The minimum absolute atomic E-state index is 0.341. The van der Waals surface area contributed by atoms with Gasteiger partial charge < -0.3 is 14.1 Å². The summed E-state index contributed by atoms with van der Waals surface area (Å²) in [5, 5.41) is 1.44. The Morgan fingerprint density at radius 2 is 2.07 bits per heavy atom. The van der Waals surface area contributed by atoms with Crippen molar-refractivity contribution in [3.63, 3.8) is 0 Å². The minimum Gasteiger partial charge on any atom is -0.471 e. The van der Waals surface area contributed by atoms with E-state index in [0.29, 0.717) is 29.6 Å². The molecule has 140 valence electrons. The smallest absolute Gasteiger partial charge is 0.336 e. The lowest BCUT2D eigenvalue weighted by Crippen LogP contribution is -2.32. The lowest BCUT2D eigenvalue weighted by atomic mass is 10.0. The number of aryl methyl sites for hydroxylation is 2. The summed E-state index contributed by atoms with van der Waals surface area (Å²) in [5.74, 6) is 0.603. The van der Waals surface area contributed by atoms with Crippen molar-refractivity contribution in [3.8, 4) is 5.75 Å². The lowest BCUT2D eigenvalue weighted by molar-refractivity contribution is 0.289. The van der Waals surface area contributed by atoms with Gasteiger partial charge in [-0.3, -0.25) is 0 Å². The Bertz CT molecular complexity index is 1090.